The Morgan fingerprint density at radius 3 is 2.50 bits per heavy atom. The number of halogens is 2. The second-order valence-corrected chi connectivity index (χ2v) is 5.86. The largest absolute Gasteiger partial charge is 0.342 e. The summed E-state index contributed by atoms with van der Waals surface area (Å²) in [5.41, 5.74) is 1.06. The zero-order valence-corrected chi connectivity index (χ0v) is 12.3. The van der Waals surface area contributed by atoms with Crippen LogP contribution in [-0.4, -0.2) is 29.6 Å². The molecule has 0 N–H and O–H groups in total. The lowest BCUT2D eigenvalue weighted by atomic mass is 10.1. The fraction of sp³-hybridized carbons (Fsp3) is 0.462. The van der Waals surface area contributed by atoms with E-state index >= 15 is 0 Å². The van der Waals surface area contributed by atoms with E-state index in [1.54, 1.807) is 6.07 Å². The van der Waals surface area contributed by atoms with Gasteiger partial charge < -0.3 is 4.90 Å². The van der Waals surface area contributed by atoms with Crippen molar-refractivity contribution in [2.45, 2.75) is 12.8 Å². The fourth-order valence-corrected chi connectivity index (χ4v) is 3.03. The fourth-order valence-electron chi connectivity index (χ4n) is 2.21. The number of likely N-dealkylation sites (tertiary alicyclic amines) is 1. The molecule has 1 saturated heterocycles. The molecule has 2 rings (SSSR count). The number of rotatable bonds is 4. The first kappa shape index (κ1) is 14.0. The van der Waals surface area contributed by atoms with Gasteiger partial charge >= 0.3 is 0 Å². The van der Waals surface area contributed by atoms with Crippen molar-refractivity contribution < 1.29 is 4.79 Å². The van der Waals surface area contributed by atoms with Crippen LogP contribution >= 0.6 is 35.8 Å². The molecule has 2 nitrogen and oxygen atoms in total. The van der Waals surface area contributed by atoms with E-state index < -0.39 is 0 Å². The molecule has 1 aromatic carbocycles. The highest BCUT2D eigenvalue weighted by molar-refractivity contribution is 7.80. The standard InChI is InChI=1S/C13H15Cl2NOS/c14-11-3-9(4-12(15)6-11)1-2-16-7-10(8-18)5-13(16)17/h3-4,6,10,18H,1-2,5,7-8H2. The van der Waals surface area contributed by atoms with Crippen LogP contribution in [0.5, 0.6) is 0 Å². The maximum atomic E-state index is 11.7. The van der Waals surface area contributed by atoms with Gasteiger partial charge in [0.2, 0.25) is 5.91 Å². The summed E-state index contributed by atoms with van der Waals surface area (Å²) in [7, 11) is 0. The second-order valence-electron chi connectivity index (χ2n) is 4.62. The molecule has 0 bridgehead atoms. The topological polar surface area (TPSA) is 20.3 Å². The van der Waals surface area contributed by atoms with Crippen LogP contribution in [0.15, 0.2) is 18.2 Å². The van der Waals surface area contributed by atoms with Crippen molar-refractivity contribution in [3.8, 4) is 0 Å². The Hall–Kier alpha value is -0.380. The van der Waals surface area contributed by atoms with E-state index in [1.807, 2.05) is 17.0 Å². The maximum absolute atomic E-state index is 11.7. The molecule has 1 unspecified atom stereocenters. The van der Waals surface area contributed by atoms with Gasteiger partial charge in [-0.3, -0.25) is 4.79 Å². The van der Waals surface area contributed by atoms with Crippen LogP contribution in [0.4, 0.5) is 0 Å². The molecule has 0 spiro atoms. The normalized spacial score (nSPS) is 19.6. The van der Waals surface area contributed by atoms with Gasteiger partial charge in [0.15, 0.2) is 0 Å². The van der Waals surface area contributed by atoms with Gasteiger partial charge in [0.05, 0.1) is 0 Å². The van der Waals surface area contributed by atoms with Crippen LogP contribution in [0.25, 0.3) is 0 Å². The number of benzene rings is 1. The van der Waals surface area contributed by atoms with Gasteiger partial charge in [-0.2, -0.15) is 12.6 Å². The average Bonchev–Trinajstić information content (AvgIpc) is 2.66. The van der Waals surface area contributed by atoms with Crippen molar-refractivity contribution in [1.29, 1.82) is 0 Å². The monoisotopic (exact) mass is 303 g/mol. The molecule has 0 aliphatic carbocycles. The molecule has 0 saturated carbocycles. The van der Waals surface area contributed by atoms with Gasteiger partial charge in [-0.25, -0.2) is 0 Å². The summed E-state index contributed by atoms with van der Waals surface area (Å²) < 4.78 is 0. The highest BCUT2D eigenvalue weighted by atomic mass is 35.5. The second kappa shape index (κ2) is 6.18. The van der Waals surface area contributed by atoms with Crippen molar-refractivity contribution in [2.75, 3.05) is 18.8 Å². The summed E-state index contributed by atoms with van der Waals surface area (Å²) in [5, 5.41) is 1.27. The minimum absolute atomic E-state index is 0.224. The van der Waals surface area contributed by atoms with E-state index in [1.165, 1.54) is 0 Å². The lowest BCUT2D eigenvalue weighted by Gasteiger charge is -2.16. The summed E-state index contributed by atoms with van der Waals surface area (Å²) in [5.74, 6) is 1.39. The number of hydrogen-bond acceptors (Lipinski definition) is 2. The number of carbonyl (C=O) groups is 1. The number of amides is 1. The van der Waals surface area contributed by atoms with Crippen molar-refractivity contribution in [2.24, 2.45) is 5.92 Å². The smallest absolute Gasteiger partial charge is 0.222 e. The first-order chi connectivity index (χ1) is 8.58. The molecule has 1 aromatic rings. The molecular formula is C13H15Cl2NOS. The van der Waals surface area contributed by atoms with Crippen molar-refractivity contribution >= 4 is 41.7 Å². The van der Waals surface area contributed by atoms with Crippen LogP contribution in [-0.2, 0) is 11.2 Å². The van der Waals surface area contributed by atoms with Crippen molar-refractivity contribution in [3.05, 3.63) is 33.8 Å². The van der Waals surface area contributed by atoms with Gasteiger partial charge in [-0.05, 0) is 41.9 Å². The van der Waals surface area contributed by atoms with Gasteiger partial charge in [0.1, 0.15) is 0 Å². The molecule has 1 atom stereocenters. The summed E-state index contributed by atoms with van der Waals surface area (Å²) in [6.45, 7) is 1.54. The van der Waals surface area contributed by atoms with Gasteiger partial charge in [-0.15, -0.1) is 0 Å². The molecule has 1 fully saturated rings. The third-order valence-corrected chi connectivity index (χ3v) is 4.10. The third-order valence-electron chi connectivity index (χ3n) is 3.15. The summed E-state index contributed by atoms with van der Waals surface area (Å²) in [4.78, 5) is 13.6. The quantitative estimate of drug-likeness (QED) is 0.846. The first-order valence-electron chi connectivity index (χ1n) is 5.92. The Labute approximate surface area is 123 Å². The predicted octanol–water partition coefficient (Wildman–Crippen LogP) is 3.31. The first-order valence-corrected chi connectivity index (χ1v) is 7.31. The SMILES string of the molecule is O=C1CC(CS)CN1CCc1cc(Cl)cc(Cl)c1. The Bertz CT molecular complexity index is 432. The number of thiol groups is 1. The minimum atomic E-state index is 0.224. The molecule has 0 aromatic heterocycles. The molecule has 98 valence electrons. The molecule has 5 heteroatoms. The molecule has 1 aliphatic heterocycles. The Kier molecular flexibility index (Phi) is 4.82. The van der Waals surface area contributed by atoms with Crippen LogP contribution in [0.3, 0.4) is 0 Å². The van der Waals surface area contributed by atoms with E-state index in [4.69, 9.17) is 23.2 Å². The summed E-state index contributed by atoms with van der Waals surface area (Å²) >= 11 is 16.1. The summed E-state index contributed by atoms with van der Waals surface area (Å²) in [6, 6.07) is 5.50. The highest BCUT2D eigenvalue weighted by Gasteiger charge is 2.27. The zero-order valence-electron chi connectivity index (χ0n) is 9.90. The predicted molar refractivity (Wildman–Crippen MR) is 78.7 cm³/mol. The molecular weight excluding hydrogens is 289 g/mol. The van der Waals surface area contributed by atoms with E-state index in [2.05, 4.69) is 12.6 Å². The van der Waals surface area contributed by atoms with Crippen LogP contribution in [0, 0.1) is 5.92 Å². The van der Waals surface area contributed by atoms with E-state index in [9.17, 15) is 4.79 Å². The summed E-state index contributed by atoms with van der Waals surface area (Å²) in [6.07, 6.45) is 1.41. The Morgan fingerprint density at radius 1 is 1.28 bits per heavy atom. The van der Waals surface area contributed by atoms with Crippen molar-refractivity contribution in [3.63, 3.8) is 0 Å². The minimum Gasteiger partial charge on any atom is -0.342 e. The average molecular weight is 304 g/mol. The maximum Gasteiger partial charge on any atom is 0.222 e. The van der Waals surface area contributed by atoms with E-state index in [-0.39, 0.29) is 5.91 Å². The molecule has 18 heavy (non-hydrogen) atoms. The number of hydrogen-bond donors (Lipinski definition) is 1. The van der Waals surface area contributed by atoms with Gasteiger partial charge in [0, 0.05) is 29.6 Å². The Morgan fingerprint density at radius 2 is 1.94 bits per heavy atom. The van der Waals surface area contributed by atoms with Gasteiger partial charge in [0.25, 0.3) is 0 Å². The zero-order chi connectivity index (χ0) is 13.1. The lowest BCUT2D eigenvalue weighted by Crippen LogP contribution is -2.27. The highest BCUT2D eigenvalue weighted by Crippen LogP contribution is 2.22. The molecule has 0 radical (unpaired) electrons. The van der Waals surface area contributed by atoms with Crippen LogP contribution < -0.4 is 0 Å². The van der Waals surface area contributed by atoms with Crippen LogP contribution in [0.1, 0.15) is 12.0 Å². The number of carbonyl (C=O) groups excluding carboxylic acids is 1. The van der Waals surface area contributed by atoms with E-state index in [0.29, 0.717) is 22.4 Å². The van der Waals surface area contributed by atoms with Crippen LogP contribution in [0.2, 0.25) is 10.0 Å². The molecule has 1 heterocycles. The van der Waals surface area contributed by atoms with E-state index in [0.717, 1.165) is 30.8 Å². The molecule has 1 amide bonds. The number of nitrogens with zero attached hydrogens (tertiary/aromatic N) is 1. The Balaban J connectivity index is 1.93. The lowest BCUT2D eigenvalue weighted by molar-refractivity contribution is -0.127. The molecule has 1 aliphatic rings. The van der Waals surface area contributed by atoms with Crippen molar-refractivity contribution in [1.82, 2.24) is 4.90 Å². The van der Waals surface area contributed by atoms with Gasteiger partial charge in [-0.1, -0.05) is 23.2 Å². The third kappa shape index (κ3) is 3.56.